The standard InChI is InChI=1S/C22H28Cl2N4O3/c23-16-5-6-18(24)17(14-16)21(30)28-9-3-4-19(28)22(31)27-12-10-25(11-13-27)15-20(29)26-7-1-2-8-26/h5-6,14,19H,1-4,7-13,15H2. The minimum atomic E-state index is -0.472. The molecule has 3 amide bonds. The number of halogens is 2. The quantitative estimate of drug-likeness (QED) is 0.682. The van der Waals surface area contributed by atoms with E-state index in [0.717, 1.165) is 32.4 Å². The summed E-state index contributed by atoms with van der Waals surface area (Å²) in [7, 11) is 0. The number of amides is 3. The highest BCUT2D eigenvalue weighted by molar-refractivity contribution is 6.35. The van der Waals surface area contributed by atoms with Crippen molar-refractivity contribution in [3.05, 3.63) is 33.8 Å². The smallest absolute Gasteiger partial charge is 0.256 e. The first-order chi connectivity index (χ1) is 14.9. The predicted molar refractivity (Wildman–Crippen MR) is 119 cm³/mol. The molecule has 0 aromatic heterocycles. The van der Waals surface area contributed by atoms with Crippen LogP contribution in [0.5, 0.6) is 0 Å². The Morgan fingerprint density at radius 1 is 0.871 bits per heavy atom. The molecule has 1 aromatic rings. The van der Waals surface area contributed by atoms with Gasteiger partial charge >= 0.3 is 0 Å². The van der Waals surface area contributed by atoms with E-state index >= 15 is 0 Å². The number of hydrogen-bond acceptors (Lipinski definition) is 4. The van der Waals surface area contributed by atoms with Crippen LogP contribution in [0.25, 0.3) is 0 Å². The lowest BCUT2D eigenvalue weighted by Gasteiger charge is -2.37. The molecule has 7 nitrogen and oxygen atoms in total. The van der Waals surface area contributed by atoms with E-state index in [-0.39, 0.29) is 17.7 Å². The second-order valence-corrected chi connectivity index (χ2v) is 9.31. The molecule has 0 bridgehead atoms. The van der Waals surface area contributed by atoms with Gasteiger partial charge in [0, 0.05) is 50.8 Å². The first kappa shape index (κ1) is 22.4. The number of carbonyl (C=O) groups excluding carboxylic acids is 3. The van der Waals surface area contributed by atoms with Crippen LogP contribution in [0, 0.1) is 0 Å². The molecule has 3 heterocycles. The van der Waals surface area contributed by atoms with Gasteiger partial charge in [0.2, 0.25) is 11.8 Å². The Balaban J connectivity index is 1.34. The number of rotatable bonds is 4. The summed E-state index contributed by atoms with van der Waals surface area (Å²) in [4.78, 5) is 46.2. The molecule has 3 fully saturated rings. The molecule has 0 spiro atoms. The topological polar surface area (TPSA) is 64.2 Å². The zero-order chi connectivity index (χ0) is 22.0. The molecular formula is C22H28Cl2N4O3. The van der Waals surface area contributed by atoms with Gasteiger partial charge in [-0.05, 0) is 43.9 Å². The van der Waals surface area contributed by atoms with Crippen molar-refractivity contribution in [2.45, 2.75) is 31.7 Å². The molecule has 9 heteroatoms. The molecule has 3 aliphatic heterocycles. The van der Waals surface area contributed by atoms with Crippen LogP contribution in [0.1, 0.15) is 36.0 Å². The first-order valence-electron chi connectivity index (χ1n) is 11.0. The van der Waals surface area contributed by atoms with Gasteiger partial charge in [-0.3, -0.25) is 19.3 Å². The lowest BCUT2D eigenvalue weighted by Crippen LogP contribution is -2.55. The van der Waals surface area contributed by atoms with Crippen LogP contribution >= 0.6 is 23.2 Å². The van der Waals surface area contributed by atoms with Crippen LogP contribution < -0.4 is 0 Å². The molecule has 3 saturated heterocycles. The molecule has 0 saturated carbocycles. The summed E-state index contributed by atoms with van der Waals surface area (Å²) in [6.07, 6.45) is 3.61. The summed E-state index contributed by atoms with van der Waals surface area (Å²) >= 11 is 12.3. The number of nitrogens with zero attached hydrogens (tertiary/aromatic N) is 4. The normalized spacial score (nSPS) is 22.3. The number of carbonyl (C=O) groups is 3. The molecule has 0 N–H and O–H groups in total. The maximum absolute atomic E-state index is 13.2. The van der Waals surface area contributed by atoms with Gasteiger partial charge in [-0.2, -0.15) is 0 Å². The maximum Gasteiger partial charge on any atom is 0.256 e. The lowest BCUT2D eigenvalue weighted by atomic mass is 10.1. The zero-order valence-corrected chi connectivity index (χ0v) is 19.1. The van der Waals surface area contributed by atoms with Gasteiger partial charge in [-0.15, -0.1) is 0 Å². The third kappa shape index (κ3) is 4.99. The Morgan fingerprint density at radius 3 is 2.29 bits per heavy atom. The van der Waals surface area contributed by atoms with Crippen LogP contribution in [0.4, 0.5) is 0 Å². The van der Waals surface area contributed by atoms with Gasteiger partial charge in [-0.25, -0.2) is 0 Å². The molecule has 1 aromatic carbocycles. The summed E-state index contributed by atoms with van der Waals surface area (Å²) in [5, 5.41) is 0.776. The highest BCUT2D eigenvalue weighted by Gasteiger charge is 2.38. The number of likely N-dealkylation sites (tertiary alicyclic amines) is 2. The third-order valence-electron chi connectivity index (χ3n) is 6.46. The second-order valence-electron chi connectivity index (χ2n) is 8.47. The lowest BCUT2D eigenvalue weighted by molar-refractivity contribution is -0.137. The minimum absolute atomic E-state index is 0.0190. The van der Waals surface area contributed by atoms with Crippen LogP contribution in [0.3, 0.4) is 0 Å². The van der Waals surface area contributed by atoms with E-state index in [0.29, 0.717) is 61.3 Å². The molecule has 0 aliphatic carbocycles. The van der Waals surface area contributed by atoms with E-state index in [1.807, 2.05) is 9.80 Å². The van der Waals surface area contributed by atoms with Crippen molar-refractivity contribution in [3.8, 4) is 0 Å². The van der Waals surface area contributed by atoms with Gasteiger partial charge in [0.05, 0.1) is 17.1 Å². The highest BCUT2D eigenvalue weighted by Crippen LogP contribution is 2.27. The van der Waals surface area contributed by atoms with Crippen molar-refractivity contribution in [2.24, 2.45) is 0 Å². The SMILES string of the molecule is O=C(CN1CCN(C(=O)C2CCCN2C(=O)c2cc(Cl)ccc2Cl)CC1)N1CCCC1. The highest BCUT2D eigenvalue weighted by atomic mass is 35.5. The van der Waals surface area contributed by atoms with Gasteiger partial charge in [0.1, 0.15) is 6.04 Å². The van der Waals surface area contributed by atoms with Crippen molar-refractivity contribution < 1.29 is 14.4 Å². The molecule has 1 unspecified atom stereocenters. The van der Waals surface area contributed by atoms with Crippen LogP contribution in [-0.2, 0) is 9.59 Å². The monoisotopic (exact) mass is 466 g/mol. The Bertz CT molecular complexity index is 851. The van der Waals surface area contributed by atoms with Crippen LogP contribution in [-0.4, -0.2) is 95.7 Å². The molecule has 31 heavy (non-hydrogen) atoms. The fourth-order valence-corrected chi connectivity index (χ4v) is 5.05. The molecule has 168 valence electrons. The summed E-state index contributed by atoms with van der Waals surface area (Å²) in [5.74, 6) is -0.0871. The molecular weight excluding hydrogens is 439 g/mol. The van der Waals surface area contributed by atoms with Gasteiger partial charge < -0.3 is 14.7 Å². The third-order valence-corrected chi connectivity index (χ3v) is 7.02. The Morgan fingerprint density at radius 2 is 1.58 bits per heavy atom. The van der Waals surface area contributed by atoms with Crippen molar-refractivity contribution in [3.63, 3.8) is 0 Å². The van der Waals surface area contributed by atoms with Crippen LogP contribution in [0.15, 0.2) is 18.2 Å². The van der Waals surface area contributed by atoms with Crippen molar-refractivity contribution >= 4 is 40.9 Å². The predicted octanol–water partition coefficient (Wildman–Crippen LogP) is 2.36. The second kappa shape index (κ2) is 9.76. The Labute approximate surface area is 192 Å². The Hall–Kier alpha value is -1.83. The number of piperazine rings is 1. The van der Waals surface area contributed by atoms with Crippen LogP contribution in [0.2, 0.25) is 10.0 Å². The average molecular weight is 467 g/mol. The van der Waals surface area contributed by atoms with Gasteiger partial charge in [0.25, 0.3) is 5.91 Å². The summed E-state index contributed by atoms with van der Waals surface area (Å²) in [6.45, 7) is 5.16. The maximum atomic E-state index is 13.2. The molecule has 1 atom stereocenters. The minimum Gasteiger partial charge on any atom is -0.342 e. The first-order valence-corrected chi connectivity index (χ1v) is 11.7. The van der Waals surface area contributed by atoms with E-state index in [9.17, 15) is 14.4 Å². The summed E-state index contributed by atoms with van der Waals surface area (Å²) in [5.41, 5.74) is 0.333. The van der Waals surface area contributed by atoms with E-state index in [1.165, 1.54) is 0 Å². The molecule has 4 rings (SSSR count). The number of hydrogen-bond donors (Lipinski definition) is 0. The Kier molecular flexibility index (Phi) is 7.04. The summed E-state index contributed by atoms with van der Waals surface area (Å²) in [6, 6.07) is 4.33. The van der Waals surface area contributed by atoms with E-state index in [2.05, 4.69) is 4.90 Å². The van der Waals surface area contributed by atoms with Crippen molar-refractivity contribution in [1.29, 1.82) is 0 Å². The van der Waals surface area contributed by atoms with E-state index in [1.54, 1.807) is 23.1 Å². The van der Waals surface area contributed by atoms with Crippen molar-refractivity contribution in [1.82, 2.24) is 19.6 Å². The van der Waals surface area contributed by atoms with Gasteiger partial charge in [-0.1, -0.05) is 23.2 Å². The van der Waals surface area contributed by atoms with Gasteiger partial charge in [0.15, 0.2) is 0 Å². The zero-order valence-electron chi connectivity index (χ0n) is 17.6. The number of benzene rings is 1. The average Bonchev–Trinajstić information content (AvgIpc) is 3.47. The molecule has 0 radical (unpaired) electrons. The van der Waals surface area contributed by atoms with E-state index in [4.69, 9.17) is 23.2 Å². The fraction of sp³-hybridized carbons (Fsp3) is 0.591. The molecule has 3 aliphatic rings. The summed E-state index contributed by atoms with van der Waals surface area (Å²) < 4.78 is 0. The van der Waals surface area contributed by atoms with Crippen molar-refractivity contribution in [2.75, 3.05) is 52.4 Å². The fourth-order valence-electron chi connectivity index (χ4n) is 4.68. The van der Waals surface area contributed by atoms with E-state index < -0.39 is 6.04 Å². The largest absolute Gasteiger partial charge is 0.342 e.